The minimum absolute atomic E-state index is 0.102. The van der Waals surface area contributed by atoms with Crippen LogP contribution in [0.5, 0.6) is 5.75 Å². The number of ether oxygens (including phenoxy) is 1. The van der Waals surface area contributed by atoms with E-state index in [2.05, 4.69) is 20.3 Å². The van der Waals surface area contributed by atoms with Gasteiger partial charge in [-0.05, 0) is 42.8 Å². The highest BCUT2D eigenvalue weighted by Crippen LogP contribution is 2.27. The summed E-state index contributed by atoms with van der Waals surface area (Å²) < 4.78 is 32.5. The van der Waals surface area contributed by atoms with E-state index in [4.69, 9.17) is 4.74 Å². The topological polar surface area (TPSA) is 97.3 Å². The number of carbonyl (C=O) groups is 2. The highest BCUT2D eigenvalue weighted by Gasteiger charge is 2.32. The summed E-state index contributed by atoms with van der Waals surface area (Å²) in [5.74, 6) is -2.60. The number of hydrogen-bond donors (Lipinski definition) is 1. The zero-order valence-electron chi connectivity index (χ0n) is 16.6. The molecule has 3 heterocycles. The molecule has 0 radical (unpaired) electrons. The highest BCUT2D eigenvalue weighted by atomic mass is 19.2. The third-order valence-corrected chi connectivity index (χ3v) is 4.78. The van der Waals surface area contributed by atoms with E-state index in [1.54, 1.807) is 19.1 Å². The minimum atomic E-state index is -1.03. The summed E-state index contributed by atoms with van der Waals surface area (Å²) in [6.45, 7) is 1.58. The van der Waals surface area contributed by atoms with Crippen LogP contribution in [0.15, 0.2) is 42.7 Å². The number of aromatic nitrogens is 3. The van der Waals surface area contributed by atoms with Crippen LogP contribution in [0.2, 0.25) is 0 Å². The van der Waals surface area contributed by atoms with E-state index in [1.165, 1.54) is 30.4 Å². The molecule has 0 aliphatic carbocycles. The first-order valence-electron chi connectivity index (χ1n) is 9.30. The molecule has 10 heteroatoms. The fraction of sp³-hybridized carbons (Fsp3) is 0.190. The summed E-state index contributed by atoms with van der Waals surface area (Å²) in [6, 6.07) is 5.69. The van der Waals surface area contributed by atoms with Crippen molar-refractivity contribution in [2.75, 3.05) is 18.6 Å². The Kier molecular flexibility index (Phi) is 5.28. The molecule has 1 aromatic carbocycles. The van der Waals surface area contributed by atoms with Crippen molar-refractivity contribution in [2.45, 2.75) is 13.0 Å². The van der Waals surface area contributed by atoms with Crippen molar-refractivity contribution in [1.29, 1.82) is 0 Å². The first-order valence-corrected chi connectivity index (χ1v) is 9.30. The maximum Gasteiger partial charge on any atom is 0.289 e. The Morgan fingerprint density at radius 1 is 1.23 bits per heavy atom. The lowest BCUT2D eigenvalue weighted by molar-refractivity contribution is -0.120. The van der Waals surface area contributed by atoms with Gasteiger partial charge in [0.1, 0.15) is 12.6 Å². The van der Waals surface area contributed by atoms with Crippen LogP contribution in [-0.4, -0.2) is 46.5 Å². The van der Waals surface area contributed by atoms with Crippen LogP contribution in [0.3, 0.4) is 0 Å². The second kappa shape index (κ2) is 8.05. The van der Waals surface area contributed by atoms with Gasteiger partial charge in [0.2, 0.25) is 5.82 Å². The van der Waals surface area contributed by atoms with Gasteiger partial charge in [-0.2, -0.15) is 0 Å². The number of carbonyl (C=O) groups excluding carboxylic acids is 2. The predicted molar refractivity (Wildman–Crippen MR) is 107 cm³/mol. The average Bonchev–Trinajstić information content (AvgIpc) is 2.88. The van der Waals surface area contributed by atoms with Crippen LogP contribution in [-0.2, 0) is 4.79 Å². The van der Waals surface area contributed by atoms with Gasteiger partial charge in [-0.25, -0.2) is 23.7 Å². The van der Waals surface area contributed by atoms with E-state index >= 15 is 0 Å². The molecule has 0 saturated carbocycles. The van der Waals surface area contributed by atoms with E-state index in [0.29, 0.717) is 22.7 Å². The zero-order valence-corrected chi connectivity index (χ0v) is 16.6. The van der Waals surface area contributed by atoms with Crippen molar-refractivity contribution in [3.05, 3.63) is 65.7 Å². The van der Waals surface area contributed by atoms with E-state index in [-0.39, 0.29) is 18.1 Å². The molecule has 0 spiro atoms. The molecule has 4 rings (SSSR count). The molecule has 31 heavy (non-hydrogen) atoms. The first-order chi connectivity index (χ1) is 14.8. The molecule has 1 atom stereocenters. The zero-order chi connectivity index (χ0) is 22.1. The molecule has 2 aromatic heterocycles. The SMILES string of the molecule is Cc1cnc(C(=O)NC2COc3cccnc3N(C)C2=O)nc1-c1ccc(F)c(F)c1. The Hall–Kier alpha value is -3.95. The van der Waals surface area contributed by atoms with Gasteiger partial charge in [-0.1, -0.05) is 0 Å². The maximum absolute atomic E-state index is 13.6. The third kappa shape index (κ3) is 3.91. The quantitative estimate of drug-likeness (QED) is 0.692. The fourth-order valence-electron chi connectivity index (χ4n) is 3.14. The summed E-state index contributed by atoms with van der Waals surface area (Å²) in [5, 5.41) is 2.57. The number of nitrogens with zero attached hydrogens (tertiary/aromatic N) is 4. The molecule has 3 aromatic rings. The van der Waals surface area contributed by atoms with Gasteiger partial charge in [-0.3, -0.25) is 14.5 Å². The van der Waals surface area contributed by atoms with Crippen molar-refractivity contribution in [1.82, 2.24) is 20.3 Å². The standard InChI is InChI=1S/C21H17F2N5O3/c1-11-9-25-18(27-17(11)12-5-6-13(22)14(23)8-12)20(29)26-15-10-31-16-4-3-7-24-19(16)28(2)21(15)30/h3-9,15H,10H2,1-2H3,(H,26,29). The fourth-order valence-corrected chi connectivity index (χ4v) is 3.14. The van der Waals surface area contributed by atoms with Gasteiger partial charge in [0, 0.05) is 25.0 Å². The van der Waals surface area contributed by atoms with Gasteiger partial charge in [0.25, 0.3) is 11.8 Å². The number of halogens is 2. The van der Waals surface area contributed by atoms with Gasteiger partial charge in [0.15, 0.2) is 23.2 Å². The Labute approximate surface area is 175 Å². The van der Waals surface area contributed by atoms with E-state index in [9.17, 15) is 18.4 Å². The van der Waals surface area contributed by atoms with Crippen molar-refractivity contribution < 1.29 is 23.1 Å². The second-order valence-corrected chi connectivity index (χ2v) is 6.91. The van der Waals surface area contributed by atoms with E-state index < -0.39 is 29.5 Å². The second-order valence-electron chi connectivity index (χ2n) is 6.91. The van der Waals surface area contributed by atoms with Crippen molar-refractivity contribution >= 4 is 17.6 Å². The van der Waals surface area contributed by atoms with E-state index in [0.717, 1.165) is 12.1 Å². The van der Waals surface area contributed by atoms with Crippen LogP contribution < -0.4 is 15.0 Å². The highest BCUT2D eigenvalue weighted by molar-refractivity contribution is 6.01. The molecule has 158 valence electrons. The molecule has 1 unspecified atom stereocenters. The summed E-state index contributed by atoms with van der Waals surface area (Å²) in [7, 11) is 1.53. The van der Waals surface area contributed by atoms with E-state index in [1.807, 2.05) is 0 Å². The van der Waals surface area contributed by atoms with Crippen molar-refractivity contribution in [2.24, 2.45) is 0 Å². The number of fused-ring (bicyclic) bond motifs is 1. The monoisotopic (exact) mass is 425 g/mol. The molecule has 1 N–H and O–H groups in total. The third-order valence-electron chi connectivity index (χ3n) is 4.78. The molecule has 0 fully saturated rings. The number of rotatable bonds is 3. The number of anilines is 1. The number of pyridine rings is 1. The van der Waals surface area contributed by atoms with Gasteiger partial charge in [-0.15, -0.1) is 0 Å². The first kappa shape index (κ1) is 20.3. The lowest BCUT2D eigenvalue weighted by Crippen LogP contribution is -2.49. The van der Waals surface area contributed by atoms with Crippen molar-refractivity contribution in [3.63, 3.8) is 0 Å². The number of hydrogen-bond acceptors (Lipinski definition) is 6. The minimum Gasteiger partial charge on any atom is -0.487 e. The number of aryl methyl sites for hydroxylation is 1. The molecule has 1 aliphatic rings. The lowest BCUT2D eigenvalue weighted by atomic mass is 10.1. The van der Waals surface area contributed by atoms with Gasteiger partial charge in [0.05, 0.1) is 5.69 Å². The summed E-state index contributed by atoms with van der Waals surface area (Å²) >= 11 is 0. The Morgan fingerprint density at radius 2 is 2.03 bits per heavy atom. The normalized spacial score (nSPS) is 15.7. The molecule has 0 saturated heterocycles. The molecule has 0 bridgehead atoms. The number of amides is 2. The maximum atomic E-state index is 13.6. The number of benzene rings is 1. The molecular weight excluding hydrogens is 408 g/mol. The number of nitrogens with one attached hydrogen (secondary N) is 1. The molecule has 1 aliphatic heterocycles. The average molecular weight is 425 g/mol. The predicted octanol–water partition coefficient (Wildman–Crippen LogP) is 2.28. The van der Waals surface area contributed by atoms with Crippen LogP contribution in [0.4, 0.5) is 14.6 Å². The molecular formula is C21H17F2N5O3. The van der Waals surface area contributed by atoms with Crippen LogP contribution in [0.25, 0.3) is 11.3 Å². The molecule has 2 amide bonds. The van der Waals surface area contributed by atoms with Crippen molar-refractivity contribution in [3.8, 4) is 17.0 Å². The largest absolute Gasteiger partial charge is 0.487 e. The summed E-state index contributed by atoms with van der Waals surface area (Å²) in [4.78, 5) is 39.2. The lowest BCUT2D eigenvalue weighted by Gasteiger charge is -2.19. The summed E-state index contributed by atoms with van der Waals surface area (Å²) in [6.07, 6.45) is 2.93. The molecule has 8 nitrogen and oxygen atoms in total. The van der Waals surface area contributed by atoms with Gasteiger partial charge >= 0.3 is 0 Å². The Morgan fingerprint density at radius 3 is 2.81 bits per heavy atom. The number of likely N-dealkylation sites (N-methyl/N-ethyl adjacent to an activating group) is 1. The van der Waals surface area contributed by atoms with Crippen LogP contribution in [0.1, 0.15) is 16.2 Å². The van der Waals surface area contributed by atoms with Crippen LogP contribution in [0, 0.1) is 18.6 Å². The van der Waals surface area contributed by atoms with Gasteiger partial charge < -0.3 is 10.1 Å². The summed E-state index contributed by atoms with van der Waals surface area (Å²) in [5.41, 5.74) is 1.14. The van der Waals surface area contributed by atoms with Crippen LogP contribution >= 0.6 is 0 Å². The smallest absolute Gasteiger partial charge is 0.289 e. The Balaban J connectivity index is 1.58. The Bertz CT molecular complexity index is 1190.